The molecule has 1 aromatic heterocycles. The van der Waals surface area contributed by atoms with Crippen molar-refractivity contribution in [2.45, 2.75) is 62.7 Å². The van der Waals surface area contributed by atoms with Crippen LogP contribution in [0.3, 0.4) is 0 Å². The van der Waals surface area contributed by atoms with E-state index in [0.29, 0.717) is 25.7 Å². The zero-order chi connectivity index (χ0) is 21.2. The number of halogens is 3. The molecule has 4 N–H and O–H groups in total. The molecular formula is C18H23F3N6O2. The second-order valence-electron chi connectivity index (χ2n) is 7.79. The fourth-order valence-electron chi connectivity index (χ4n) is 3.71. The largest absolute Gasteiger partial charge is 0.401 e. The number of alkyl halides is 3. The summed E-state index contributed by atoms with van der Waals surface area (Å²) >= 11 is 0. The predicted molar refractivity (Wildman–Crippen MR) is 96.6 cm³/mol. The van der Waals surface area contributed by atoms with Crippen molar-refractivity contribution in [3.63, 3.8) is 0 Å². The van der Waals surface area contributed by atoms with Crippen molar-refractivity contribution in [3.05, 3.63) is 11.8 Å². The number of anilines is 1. The lowest BCUT2D eigenvalue weighted by Crippen LogP contribution is -2.45. The minimum atomic E-state index is -4.28. The monoisotopic (exact) mass is 412 g/mol. The molecule has 2 aliphatic carbocycles. The second-order valence-corrected chi connectivity index (χ2v) is 7.79. The smallest absolute Gasteiger partial charge is 0.365 e. The van der Waals surface area contributed by atoms with E-state index in [1.54, 1.807) is 0 Å². The summed E-state index contributed by atoms with van der Waals surface area (Å²) in [5, 5.41) is 18.8. The summed E-state index contributed by atoms with van der Waals surface area (Å²) in [6.45, 7) is -1.06. The van der Waals surface area contributed by atoms with Crippen LogP contribution >= 0.6 is 0 Å². The molecular weight excluding hydrogens is 389 g/mol. The molecule has 1 aromatic rings. The molecule has 2 aliphatic rings. The highest BCUT2D eigenvalue weighted by molar-refractivity contribution is 6.02. The van der Waals surface area contributed by atoms with Crippen molar-refractivity contribution in [2.24, 2.45) is 11.7 Å². The number of rotatable bonds is 7. The van der Waals surface area contributed by atoms with Gasteiger partial charge in [-0.25, -0.2) is 0 Å². The van der Waals surface area contributed by atoms with E-state index in [1.165, 1.54) is 10.9 Å². The Morgan fingerprint density at radius 3 is 2.48 bits per heavy atom. The van der Waals surface area contributed by atoms with Crippen LogP contribution < -0.4 is 16.4 Å². The van der Waals surface area contributed by atoms with E-state index in [2.05, 4.69) is 21.8 Å². The summed E-state index contributed by atoms with van der Waals surface area (Å²) in [7, 11) is 0. The third-order valence-corrected chi connectivity index (χ3v) is 5.57. The van der Waals surface area contributed by atoms with Crippen molar-refractivity contribution >= 4 is 17.6 Å². The Bertz CT molecular complexity index is 817. The lowest BCUT2D eigenvalue weighted by atomic mass is 9.77. The maximum atomic E-state index is 12.4. The lowest BCUT2D eigenvalue weighted by Gasteiger charge is -2.39. The number of aromatic nitrogens is 2. The molecule has 29 heavy (non-hydrogen) atoms. The Balaban J connectivity index is 1.77. The van der Waals surface area contributed by atoms with Gasteiger partial charge in [-0.1, -0.05) is 0 Å². The SMILES string of the molecule is N#CC[C@]1(n2cc(C(N)=O)c(NC(=O)C3CC3)n2)CC[C@H](NCC(F)(F)F)CC1. The molecule has 0 radical (unpaired) electrons. The topological polar surface area (TPSA) is 126 Å². The summed E-state index contributed by atoms with van der Waals surface area (Å²) in [6.07, 6.45) is 0.444. The van der Waals surface area contributed by atoms with Gasteiger partial charge >= 0.3 is 6.18 Å². The van der Waals surface area contributed by atoms with Crippen LogP contribution in [-0.2, 0) is 10.3 Å². The van der Waals surface area contributed by atoms with E-state index in [4.69, 9.17) is 5.73 Å². The van der Waals surface area contributed by atoms with Crippen molar-refractivity contribution in [2.75, 3.05) is 11.9 Å². The molecule has 0 atom stereocenters. The number of hydrogen-bond donors (Lipinski definition) is 3. The van der Waals surface area contributed by atoms with Crippen LogP contribution in [-0.4, -0.2) is 40.4 Å². The van der Waals surface area contributed by atoms with E-state index in [0.717, 1.165) is 12.8 Å². The summed E-state index contributed by atoms with van der Waals surface area (Å²) in [4.78, 5) is 23.9. The molecule has 0 bridgehead atoms. The van der Waals surface area contributed by atoms with Gasteiger partial charge in [0.05, 0.1) is 24.6 Å². The zero-order valence-electron chi connectivity index (χ0n) is 15.8. The number of nitrogens with one attached hydrogen (secondary N) is 2. The minimum absolute atomic E-state index is 0.0497. The van der Waals surface area contributed by atoms with Gasteiger partial charge in [-0.15, -0.1) is 0 Å². The first-order valence-corrected chi connectivity index (χ1v) is 9.51. The first kappa shape index (κ1) is 21.1. The Labute approximate surface area is 165 Å². The zero-order valence-corrected chi connectivity index (χ0v) is 15.8. The Kier molecular flexibility index (Phi) is 5.84. The number of carbonyl (C=O) groups is 2. The number of carbonyl (C=O) groups excluding carboxylic acids is 2. The van der Waals surface area contributed by atoms with Gasteiger partial charge in [0.25, 0.3) is 5.91 Å². The summed E-state index contributed by atoms with van der Waals surface area (Å²) < 4.78 is 38.8. The lowest BCUT2D eigenvalue weighted by molar-refractivity contribution is -0.127. The molecule has 0 spiro atoms. The molecule has 11 heteroatoms. The van der Waals surface area contributed by atoms with Gasteiger partial charge in [0, 0.05) is 18.2 Å². The van der Waals surface area contributed by atoms with E-state index < -0.39 is 24.2 Å². The highest BCUT2D eigenvalue weighted by Gasteiger charge is 2.40. The first-order valence-electron chi connectivity index (χ1n) is 9.51. The van der Waals surface area contributed by atoms with E-state index in [9.17, 15) is 28.0 Å². The van der Waals surface area contributed by atoms with Crippen LogP contribution in [0.15, 0.2) is 6.20 Å². The van der Waals surface area contributed by atoms with E-state index in [1.807, 2.05) is 0 Å². The van der Waals surface area contributed by atoms with Crippen molar-refractivity contribution < 1.29 is 22.8 Å². The summed E-state index contributed by atoms with van der Waals surface area (Å²) in [5.74, 6) is -1.02. The average Bonchev–Trinajstić information content (AvgIpc) is 3.41. The van der Waals surface area contributed by atoms with Gasteiger partial charge in [-0.2, -0.15) is 23.5 Å². The molecule has 3 rings (SSSR count). The fourth-order valence-corrected chi connectivity index (χ4v) is 3.71. The predicted octanol–water partition coefficient (Wildman–Crippen LogP) is 2.03. The van der Waals surface area contributed by atoms with Crippen molar-refractivity contribution in [3.8, 4) is 6.07 Å². The van der Waals surface area contributed by atoms with Crippen LogP contribution in [0.2, 0.25) is 0 Å². The van der Waals surface area contributed by atoms with Crippen molar-refractivity contribution in [1.29, 1.82) is 5.26 Å². The van der Waals surface area contributed by atoms with Gasteiger partial charge in [-0.3, -0.25) is 14.3 Å². The Morgan fingerprint density at radius 2 is 1.97 bits per heavy atom. The first-order chi connectivity index (χ1) is 13.6. The second kappa shape index (κ2) is 8.02. The van der Waals surface area contributed by atoms with Crippen LogP contribution in [0, 0.1) is 17.2 Å². The highest BCUT2D eigenvalue weighted by atomic mass is 19.4. The van der Waals surface area contributed by atoms with Gasteiger partial charge < -0.3 is 16.4 Å². The van der Waals surface area contributed by atoms with Crippen LogP contribution in [0.25, 0.3) is 0 Å². The molecule has 0 saturated heterocycles. The molecule has 2 amide bonds. The minimum Gasteiger partial charge on any atom is -0.365 e. The molecule has 2 fully saturated rings. The van der Waals surface area contributed by atoms with Gasteiger partial charge in [0.15, 0.2) is 5.82 Å². The third-order valence-electron chi connectivity index (χ3n) is 5.57. The molecule has 2 saturated carbocycles. The van der Waals surface area contributed by atoms with Gasteiger partial charge in [0.1, 0.15) is 5.56 Å². The number of nitrogens with two attached hydrogens (primary N) is 1. The number of nitriles is 1. The molecule has 1 heterocycles. The highest BCUT2D eigenvalue weighted by Crippen LogP contribution is 2.39. The van der Waals surface area contributed by atoms with Crippen LogP contribution in [0.1, 0.15) is 55.3 Å². The van der Waals surface area contributed by atoms with Crippen molar-refractivity contribution in [1.82, 2.24) is 15.1 Å². The molecule has 158 valence electrons. The fraction of sp³-hybridized carbons (Fsp3) is 0.667. The van der Waals surface area contributed by atoms with E-state index >= 15 is 0 Å². The molecule has 0 aliphatic heterocycles. The number of nitrogens with zero attached hydrogens (tertiary/aromatic N) is 3. The van der Waals surface area contributed by atoms with Crippen LogP contribution in [0.5, 0.6) is 0 Å². The third kappa shape index (κ3) is 5.06. The normalized spacial score (nSPS) is 24.7. The molecule has 0 aromatic carbocycles. The Hall–Kier alpha value is -2.61. The standard InChI is InChI=1S/C18H23F3N6O2/c19-18(20,21)10-24-12-3-5-17(6-4-12,7-8-22)27-9-13(14(23)28)15(26-27)25-16(29)11-1-2-11/h9,11-12,24H,1-7,10H2,(H2,23,28)(H,25,26,29)/t12-,17-. The van der Waals surface area contributed by atoms with Gasteiger partial charge in [0.2, 0.25) is 5.91 Å². The maximum absolute atomic E-state index is 12.4. The van der Waals surface area contributed by atoms with E-state index in [-0.39, 0.29) is 35.7 Å². The Morgan fingerprint density at radius 1 is 1.31 bits per heavy atom. The van der Waals surface area contributed by atoms with Crippen LogP contribution in [0.4, 0.5) is 19.0 Å². The summed E-state index contributed by atoms with van der Waals surface area (Å²) in [6, 6.07) is 1.79. The quantitative estimate of drug-likeness (QED) is 0.632. The maximum Gasteiger partial charge on any atom is 0.401 e. The van der Waals surface area contributed by atoms with Gasteiger partial charge in [-0.05, 0) is 38.5 Å². The number of hydrogen-bond acceptors (Lipinski definition) is 5. The molecule has 0 unspecified atom stereocenters. The summed E-state index contributed by atoms with van der Waals surface area (Å²) in [5.41, 5.74) is 4.70. The number of primary amides is 1. The molecule has 8 nitrogen and oxygen atoms in total. The number of amides is 2. The average molecular weight is 412 g/mol.